The first-order chi connectivity index (χ1) is 12.2. The van der Waals surface area contributed by atoms with Gasteiger partial charge >= 0.3 is 0 Å². The van der Waals surface area contributed by atoms with Crippen molar-refractivity contribution in [3.8, 4) is 0 Å². The van der Waals surface area contributed by atoms with Crippen molar-refractivity contribution in [3.05, 3.63) is 59.2 Å². The Morgan fingerprint density at radius 3 is 2.31 bits per heavy atom. The Labute approximate surface area is 156 Å². The van der Waals surface area contributed by atoms with Crippen LogP contribution in [-0.2, 0) is 21.2 Å². The van der Waals surface area contributed by atoms with Gasteiger partial charge in [0, 0.05) is 18.7 Å². The van der Waals surface area contributed by atoms with Crippen LogP contribution in [0.1, 0.15) is 30.0 Å². The van der Waals surface area contributed by atoms with Crippen LogP contribution >= 0.6 is 0 Å². The molecule has 0 saturated carbocycles. The average molecular weight is 375 g/mol. The van der Waals surface area contributed by atoms with E-state index >= 15 is 0 Å². The minimum absolute atomic E-state index is 0.0793. The minimum atomic E-state index is -3.48. The molecule has 2 aromatic carbocycles. The lowest BCUT2D eigenvalue weighted by atomic mass is 10.1. The van der Waals surface area contributed by atoms with E-state index in [1.807, 2.05) is 56.3 Å². The van der Waals surface area contributed by atoms with Gasteiger partial charge in [-0.25, -0.2) is 8.42 Å². The molecule has 0 atom stereocenters. The third-order valence-corrected chi connectivity index (χ3v) is 5.40. The van der Waals surface area contributed by atoms with Gasteiger partial charge in [0.15, 0.2) is 0 Å². The summed E-state index contributed by atoms with van der Waals surface area (Å²) in [5, 5.41) is 2.82. The van der Waals surface area contributed by atoms with Gasteiger partial charge in [-0.1, -0.05) is 31.2 Å². The smallest absolute Gasteiger partial charge is 0.232 e. The van der Waals surface area contributed by atoms with Crippen molar-refractivity contribution < 1.29 is 13.2 Å². The fraction of sp³-hybridized carbons (Fsp3) is 0.350. The largest absolute Gasteiger partial charge is 0.326 e. The molecule has 1 N–H and O–H groups in total. The lowest BCUT2D eigenvalue weighted by molar-refractivity contribution is -0.116. The standard InChI is InChI=1S/C20H26N2O3S/c1-5-17-8-10-18(11-9-17)21-20(23)12-13-22(26(4,24)25)19-14-15(2)6-7-16(19)3/h6-11,14H,5,12-13H2,1-4H3,(H,21,23). The highest BCUT2D eigenvalue weighted by Gasteiger charge is 2.20. The number of sulfonamides is 1. The number of nitrogens with zero attached hydrogens (tertiary/aromatic N) is 1. The summed E-state index contributed by atoms with van der Waals surface area (Å²) in [5.41, 5.74) is 4.36. The molecule has 0 unspecified atom stereocenters. The summed E-state index contributed by atoms with van der Waals surface area (Å²) < 4.78 is 25.8. The van der Waals surface area contributed by atoms with E-state index in [2.05, 4.69) is 12.2 Å². The van der Waals surface area contributed by atoms with E-state index in [1.165, 1.54) is 9.87 Å². The van der Waals surface area contributed by atoms with Crippen molar-refractivity contribution in [1.29, 1.82) is 0 Å². The molecule has 1 amide bonds. The molecule has 0 radical (unpaired) electrons. The summed E-state index contributed by atoms with van der Waals surface area (Å²) in [4.78, 5) is 12.2. The van der Waals surface area contributed by atoms with Gasteiger partial charge in [0.05, 0.1) is 11.9 Å². The van der Waals surface area contributed by atoms with E-state index in [4.69, 9.17) is 0 Å². The molecular weight excluding hydrogens is 348 g/mol. The third kappa shape index (κ3) is 5.33. The van der Waals surface area contributed by atoms with Crippen molar-refractivity contribution >= 4 is 27.3 Å². The summed E-state index contributed by atoms with van der Waals surface area (Å²) >= 11 is 0. The molecule has 0 aromatic heterocycles. The Bertz CT molecular complexity index is 874. The quantitative estimate of drug-likeness (QED) is 0.804. The van der Waals surface area contributed by atoms with Gasteiger partial charge in [-0.15, -0.1) is 0 Å². The number of carbonyl (C=O) groups is 1. The molecule has 5 nitrogen and oxygen atoms in total. The number of hydrogen-bond acceptors (Lipinski definition) is 3. The maximum absolute atomic E-state index is 12.2. The summed E-state index contributed by atoms with van der Waals surface area (Å²) in [5.74, 6) is -0.215. The molecule has 2 rings (SSSR count). The van der Waals surface area contributed by atoms with Crippen LogP contribution in [0.3, 0.4) is 0 Å². The highest BCUT2D eigenvalue weighted by atomic mass is 32.2. The van der Waals surface area contributed by atoms with Crippen LogP contribution in [0, 0.1) is 13.8 Å². The Morgan fingerprint density at radius 1 is 1.08 bits per heavy atom. The molecule has 0 aliphatic carbocycles. The van der Waals surface area contributed by atoms with Gasteiger partial charge in [-0.2, -0.15) is 0 Å². The Morgan fingerprint density at radius 2 is 1.73 bits per heavy atom. The molecule has 140 valence electrons. The normalized spacial score (nSPS) is 11.2. The summed E-state index contributed by atoms with van der Waals surface area (Å²) in [6, 6.07) is 13.3. The molecule has 0 heterocycles. The van der Waals surface area contributed by atoms with Crippen molar-refractivity contribution in [2.45, 2.75) is 33.6 Å². The van der Waals surface area contributed by atoms with Crippen molar-refractivity contribution in [2.24, 2.45) is 0 Å². The fourth-order valence-electron chi connectivity index (χ4n) is 2.70. The van der Waals surface area contributed by atoms with E-state index in [-0.39, 0.29) is 18.9 Å². The zero-order valence-corrected chi connectivity index (χ0v) is 16.6. The number of carbonyl (C=O) groups excluding carboxylic acids is 1. The second kappa shape index (κ2) is 8.36. The molecule has 0 aliphatic rings. The Balaban J connectivity index is 2.09. The van der Waals surface area contributed by atoms with Gasteiger partial charge in [0.25, 0.3) is 0 Å². The number of nitrogens with one attached hydrogen (secondary N) is 1. The van der Waals surface area contributed by atoms with Crippen molar-refractivity contribution in [1.82, 2.24) is 0 Å². The SMILES string of the molecule is CCc1ccc(NC(=O)CCN(c2cc(C)ccc2C)S(C)(=O)=O)cc1. The van der Waals surface area contributed by atoms with E-state index < -0.39 is 10.0 Å². The number of benzene rings is 2. The van der Waals surface area contributed by atoms with Gasteiger partial charge in [-0.3, -0.25) is 9.10 Å². The molecule has 0 bridgehead atoms. The molecule has 26 heavy (non-hydrogen) atoms. The topological polar surface area (TPSA) is 66.5 Å². The lowest BCUT2D eigenvalue weighted by Gasteiger charge is -2.24. The van der Waals surface area contributed by atoms with Crippen LogP contribution < -0.4 is 9.62 Å². The molecule has 6 heteroatoms. The first kappa shape index (κ1) is 20.0. The maximum atomic E-state index is 12.2. The number of amides is 1. The molecule has 0 spiro atoms. The number of anilines is 2. The van der Waals surface area contributed by atoms with Gasteiger partial charge in [0.2, 0.25) is 15.9 Å². The maximum Gasteiger partial charge on any atom is 0.232 e. The number of hydrogen-bond donors (Lipinski definition) is 1. The number of aryl methyl sites for hydroxylation is 3. The van der Waals surface area contributed by atoms with Crippen LogP contribution in [0.2, 0.25) is 0 Å². The van der Waals surface area contributed by atoms with Crippen LogP contribution in [-0.4, -0.2) is 27.1 Å². The highest BCUT2D eigenvalue weighted by molar-refractivity contribution is 7.92. The summed E-state index contributed by atoms with van der Waals surface area (Å²) in [7, 11) is -3.48. The van der Waals surface area contributed by atoms with Crippen LogP contribution in [0.4, 0.5) is 11.4 Å². The Kier molecular flexibility index (Phi) is 6.42. The van der Waals surface area contributed by atoms with E-state index in [9.17, 15) is 13.2 Å². The van der Waals surface area contributed by atoms with E-state index in [0.29, 0.717) is 11.4 Å². The number of rotatable bonds is 7. The van der Waals surface area contributed by atoms with E-state index in [1.54, 1.807) is 0 Å². The molecule has 0 fully saturated rings. The third-order valence-electron chi connectivity index (χ3n) is 4.22. The lowest BCUT2D eigenvalue weighted by Crippen LogP contribution is -2.33. The van der Waals surface area contributed by atoms with Crippen molar-refractivity contribution in [2.75, 3.05) is 22.4 Å². The van der Waals surface area contributed by atoms with E-state index in [0.717, 1.165) is 23.8 Å². The average Bonchev–Trinajstić information content (AvgIpc) is 2.57. The predicted octanol–water partition coefficient (Wildman–Crippen LogP) is 3.66. The van der Waals surface area contributed by atoms with Crippen LogP contribution in [0.15, 0.2) is 42.5 Å². The summed E-state index contributed by atoms with van der Waals surface area (Å²) in [6.45, 7) is 5.95. The first-order valence-electron chi connectivity index (χ1n) is 8.64. The zero-order valence-electron chi connectivity index (χ0n) is 15.7. The summed E-state index contributed by atoms with van der Waals surface area (Å²) in [6.07, 6.45) is 2.18. The van der Waals surface area contributed by atoms with Crippen LogP contribution in [0.25, 0.3) is 0 Å². The van der Waals surface area contributed by atoms with Gasteiger partial charge in [-0.05, 0) is 55.2 Å². The predicted molar refractivity (Wildman–Crippen MR) is 107 cm³/mol. The fourth-order valence-corrected chi connectivity index (χ4v) is 3.68. The zero-order chi connectivity index (χ0) is 19.3. The molecule has 2 aromatic rings. The molecular formula is C20H26N2O3S. The second-order valence-electron chi connectivity index (χ2n) is 6.47. The van der Waals surface area contributed by atoms with Crippen LogP contribution in [0.5, 0.6) is 0 Å². The van der Waals surface area contributed by atoms with Gasteiger partial charge in [0.1, 0.15) is 0 Å². The monoisotopic (exact) mass is 374 g/mol. The molecule has 0 saturated heterocycles. The second-order valence-corrected chi connectivity index (χ2v) is 8.38. The Hall–Kier alpha value is -2.34. The molecule has 0 aliphatic heterocycles. The van der Waals surface area contributed by atoms with Gasteiger partial charge < -0.3 is 5.32 Å². The first-order valence-corrected chi connectivity index (χ1v) is 10.5. The highest BCUT2D eigenvalue weighted by Crippen LogP contribution is 2.24. The van der Waals surface area contributed by atoms with Crippen molar-refractivity contribution in [3.63, 3.8) is 0 Å². The minimum Gasteiger partial charge on any atom is -0.326 e.